The van der Waals surface area contributed by atoms with E-state index in [1.165, 1.54) is 18.2 Å². The molecule has 2 aromatic rings. The number of pyridine rings is 1. The minimum atomic E-state index is -4.67. The van der Waals surface area contributed by atoms with Crippen molar-refractivity contribution in [3.63, 3.8) is 0 Å². The number of aromatic nitrogens is 1. The van der Waals surface area contributed by atoms with Crippen molar-refractivity contribution in [2.24, 2.45) is 0 Å². The van der Waals surface area contributed by atoms with Crippen LogP contribution in [0.4, 0.5) is 0 Å². The first-order valence-corrected chi connectivity index (χ1v) is 9.93. The molecular formula is C16H24N2O5S2. The summed E-state index contributed by atoms with van der Waals surface area (Å²) >= 11 is 4.16. The molecule has 0 aliphatic rings. The highest BCUT2D eigenvalue weighted by atomic mass is 32.3. The van der Waals surface area contributed by atoms with Crippen LogP contribution in [0.15, 0.2) is 36.5 Å². The summed E-state index contributed by atoms with van der Waals surface area (Å²) in [7, 11) is -4.67. The van der Waals surface area contributed by atoms with Gasteiger partial charge in [-0.2, -0.15) is 21.0 Å². The smallest absolute Gasteiger partial charge is 0.394 e. The molecule has 0 saturated heterocycles. The third kappa shape index (κ3) is 11.0. The maximum Gasteiger partial charge on any atom is 0.394 e. The topological polar surface area (TPSA) is 109 Å². The van der Waals surface area contributed by atoms with Gasteiger partial charge in [0.2, 0.25) is 5.88 Å². The van der Waals surface area contributed by atoms with E-state index < -0.39 is 10.4 Å². The average Bonchev–Trinajstić information content (AvgIpc) is 2.56. The molecule has 3 N–H and O–H groups in total. The van der Waals surface area contributed by atoms with Crippen LogP contribution in [0.25, 0.3) is 10.8 Å². The van der Waals surface area contributed by atoms with Crippen molar-refractivity contribution in [3.8, 4) is 5.88 Å². The van der Waals surface area contributed by atoms with Gasteiger partial charge in [-0.15, -0.1) is 0 Å². The van der Waals surface area contributed by atoms with E-state index in [4.69, 9.17) is 22.3 Å². The van der Waals surface area contributed by atoms with Crippen molar-refractivity contribution in [2.75, 3.05) is 25.4 Å². The summed E-state index contributed by atoms with van der Waals surface area (Å²) in [6.45, 7) is 2.78. The quantitative estimate of drug-likeness (QED) is 0.297. The Morgan fingerprint density at radius 1 is 1.08 bits per heavy atom. The number of thiol groups is 1. The van der Waals surface area contributed by atoms with Gasteiger partial charge in [0, 0.05) is 23.9 Å². The summed E-state index contributed by atoms with van der Waals surface area (Å²) in [5.74, 6) is 1.65. The van der Waals surface area contributed by atoms with Crippen LogP contribution in [-0.4, -0.2) is 48.0 Å². The van der Waals surface area contributed by atoms with Crippen LogP contribution in [0.3, 0.4) is 0 Å². The zero-order valence-corrected chi connectivity index (χ0v) is 15.5. The first-order valence-electron chi connectivity index (χ1n) is 7.90. The predicted octanol–water partition coefficient (Wildman–Crippen LogP) is 2.65. The fraction of sp³-hybridized carbons (Fsp3) is 0.438. The molecule has 0 aliphatic carbocycles. The van der Waals surface area contributed by atoms with Gasteiger partial charge in [0.1, 0.15) is 0 Å². The minimum Gasteiger partial charge on any atom is -0.477 e. The van der Waals surface area contributed by atoms with E-state index in [0.717, 1.165) is 43.1 Å². The Bertz CT molecular complexity index is 712. The van der Waals surface area contributed by atoms with Crippen LogP contribution in [0.5, 0.6) is 5.88 Å². The van der Waals surface area contributed by atoms with Gasteiger partial charge in [-0.25, -0.2) is 4.98 Å². The Morgan fingerprint density at radius 3 is 2.52 bits per heavy atom. The van der Waals surface area contributed by atoms with Crippen LogP contribution < -0.4 is 10.1 Å². The number of nitrogens with zero attached hydrogens (tertiary/aromatic N) is 1. The lowest BCUT2D eigenvalue weighted by Gasteiger charge is -2.08. The van der Waals surface area contributed by atoms with E-state index in [9.17, 15) is 0 Å². The third-order valence-electron chi connectivity index (χ3n) is 3.16. The molecular weight excluding hydrogens is 364 g/mol. The molecule has 0 amide bonds. The van der Waals surface area contributed by atoms with E-state index in [0.29, 0.717) is 0 Å². The zero-order valence-electron chi connectivity index (χ0n) is 13.8. The van der Waals surface area contributed by atoms with Crippen LogP contribution in [-0.2, 0) is 10.4 Å². The molecule has 0 aliphatic heterocycles. The number of ether oxygens (including phenoxy) is 1. The van der Waals surface area contributed by atoms with Crippen LogP contribution in [0, 0.1) is 0 Å². The molecule has 0 radical (unpaired) electrons. The number of unbranched alkanes of at least 4 members (excludes halogenated alkanes) is 2. The molecule has 9 heteroatoms. The number of fused-ring (bicyclic) bond motifs is 1. The Labute approximate surface area is 153 Å². The summed E-state index contributed by atoms with van der Waals surface area (Å²) in [5, 5.41) is 5.60. The van der Waals surface area contributed by atoms with Crippen LogP contribution in [0.1, 0.15) is 19.3 Å². The number of hydrogen-bond acceptors (Lipinski definition) is 6. The monoisotopic (exact) mass is 388 g/mol. The molecule has 1 heterocycles. The Morgan fingerprint density at radius 2 is 1.80 bits per heavy atom. The Hall–Kier alpha value is -1.39. The van der Waals surface area contributed by atoms with Crippen molar-refractivity contribution < 1.29 is 22.3 Å². The van der Waals surface area contributed by atoms with Gasteiger partial charge < -0.3 is 10.1 Å². The second-order valence-electron chi connectivity index (χ2n) is 5.17. The third-order valence-corrected chi connectivity index (χ3v) is 3.39. The number of benzene rings is 1. The summed E-state index contributed by atoms with van der Waals surface area (Å²) < 4.78 is 37.4. The number of rotatable bonds is 9. The first-order chi connectivity index (χ1) is 11.9. The SMILES string of the molecule is O=S(=O)(O)O.SCCNCCCCCOc1nccc2ccccc12. The van der Waals surface area contributed by atoms with Crippen molar-refractivity contribution in [3.05, 3.63) is 36.5 Å². The van der Waals surface area contributed by atoms with E-state index in [1.54, 1.807) is 6.20 Å². The largest absolute Gasteiger partial charge is 0.477 e. The van der Waals surface area contributed by atoms with Crippen molar-refractivity contribution in [2.45, 2.75) is 19.3 Å². The summed E-state index contributed by atoms with van der Waals surface area (Å²) in [6.07, 6.45) is 5.22. The molecule has 0 fully saturated rings. The van der Waals surface area contributed by atoms with Crippen molar-refractivity contribution in [1.82, 2.24) is 10.3 Å². The van der Waals surface area contributed by atoms with Crippen LogP contribution >= 0.6 is 12.6 Å². The lowest BCUT2D eigenvalue weighted by atomic mass is 10.2. The molecule has 0 bridgehead atoms. The molecule has 0 atom stereocenters. The van der Waals surface area contributed by atoms with Crippen molar-refractivity contribution in [1.29, 1.82) is 0 Å². The molecule has 7 nitrogen and oxygen atoms in total. The fourth-order valence-electron chi connectivity index (χ4n) is 2.11. The molecule has 2 rings (SSSR count). The molecule has 1 aromatic heterocycles. The van der Waals surface area contributed by atoms with Gasteiger partial charge in [-0.1, -0.05) is 18.2 Å². The molecule has 25 heavy (non-hydrogen) atoms. The van der Waals surface area contributed by atoms with Gasteiger partial charge in [0.15, 0.2) is 0 Å². The summed E-state index contributed by atoms with van der Waals surface area (Å²) in [6, 6.07) is 10.2. The lowest BCUT2D eigenvalue weighted by molar-refractivity contribution is 0.297. The molecule has 1 aromatic carbocycles. The van der Waals surface area contributed by atoms with E-state index in [-0.39, 0.29) is 0 Å². The molecule has 0 spiro atoms. The summed E-state index contributed by atoms with van der Waals surface area (Å²) in [4.78, 5) is 4.32. The van der Waals surface area contributed by atoms with E-state index in [1.807, 2.05) is 18.2 Å². The molecule has 140 valence electrons. The number of nitrogens with one attached hydrogen (secondary N) is 1. The maximum absolute atomic E-state index is 8.74. The maximum atomic E-state index is 8.74. The second kappa shape index (κ2) is 12.0. The fourth-order valence-corrected chi connectivity index (χ4v) is 2.27. The first kappa shape index (κ1) is 21.7. The Balaban J connectivity index is 0.000000550. The standard InChI is InChI=1S/C16H22N2OS.H2O4S/c20-13-11-17-9-4-1-5-12-19-16-15-7-3-2-6-14(15)8-10-18-16;1-5(2,3)4/h2-3,6-8,10,17,20H,1,4-5,9,11-13H2;(H2,1,2,3,4). The highest BCUT2D eigenvalue weighted by molar-refractivity contribution is 7.80. The normalized spacial score (nSPS) is 11.0. The van der Waals surface area contributed by atoms with Crippen molar-refractivity contribution >= 4 is 33.8 Å². The van der Waals surface area contributed by atoms with Gasteiger partial charge in [0.05, 0.1) is 6.61 Å². The number of hydrogen-bond donors (Lipinski definition) is 4. The van der Waals surface area contributed by atoms with Gasteiger partial charge in [-0.3, -0.25) is 9.11 Å². The van der Waals surface area contributed by atoms with Gasteiger partial charge in [-0.05, 0) is 43.3 Å². The highest BCUT2D eigenvalue weighted by Crippen LogP contribution is 2.22. The van der Waals surface area contributed by atoms with E-state index >= 15 is 0 Å². The second-order valence-corrected chi connectivity index (χ2v) is 6.51. The van der Waals surface area contributed by atoms with Crippen LogP contribution in [0.2, 0.25) is 0 Å². The summed E-state index contributed by atoms with van der Waals surface area (Å²) in [5.41, 5.74) is 0. The lowest BCUT2D eigenvalue weighted by Crippen LogP contribution is -2.17. The molecule has 0 saturated carbocycles. The predicted molar refractivity (Wildman–Crippen MR) is 102 cm³/mol. The molecule has 0 unspecified atom stereocenters. The minimum absolute atomic E-state index is 0.730. The van der Waals surface area contributed by atoms with Gasteiger partial charge >= 0.3 is 10.4 Å². The Kier molecular flexibility index (Phi) is 10.4. The zero-order chi connectivity index (χ0) is 18.5. The average molecular weight is 389 g/mol. The van der Waals surface area contributed by atoms with Gasteiger partial charge in [0.25, 0.3) is 0 Å². The highest BCUT2D eigenvalue weighted by Gasteiger charge is 2.02. The van der Waals surface area contributed by atoms with E-state index in [2.05, 4.69) is 35.1 Å².